The number of nitrogens with zero attached hydrogens (tertiary/aromatic N) is 1. The molecule has 1 heterocycles. The fourth-order valence-corrected chi connectivity index (χ4v) is 4.09. The van der Waals surface area contributed by atoms with E-state index < -0.39 is 29.3 Å². The van der Waals surface area contributed by atoms with Gasteiger partial charge < -0.3 is 19.7 Å². The molecule has 0 saturated carbocycles. The van der Waals surface area contributed by atoms with Crippen molar-refractivity contribution >= 4 is 23.1 Å². The molecule has 0 spiro atoms. The van der Waals surface area contributed by atoms with E-state index in [0.717, 1.165) is 0 Å². The number of anilines is 1. The van der Waals surface area contributed by atoms with E-state index >= 15 is 0 Å². The highest BCUT2D eigenvalue weighted by Gasteiger charge is 2.47. The van der Waals surface area contributed by atoms with E-state index in [0.29, 0.717) is 17.9 Å². The van der Waals surface area contributed by atoms with Crippen molar-refractivity contribution in [1.82, 2.24) is 0 Å². The molecule has 0 radical (unpaired) electrons. The number of rotatable bonds is 7. The lowest BCUT2D eigenvalue weighted by Gasteiger charge is -2.25. The molecule has 2 N–H and O–H groups in total. The van der Waals surface area contributed by atoms with Crippen LogP contribution < -0.4 is 14.4 Å². The van der Waals surface area contributed by atoms with E-state index in [1.54, 1.807) is 37.3 Å². The predicted octanol–water partition coefficient (Wildman–Crippen LogP) is 4.96. The number of carbonyl (C=O) groups excluding carboxylic acids is 2. The largest absolute Gasteiger partial charge is 0.508 e. The van der Waals surface area contributed by atoms with Crippen LogP contribution in [0.25, 0.3) is 5.76 Å². The van der Waals surface area contributed by atoms with Gasteiger partial charge in [-0.3, -0.25) is 14.5 Å². The Bertz CT molecular complexity index is 1300. The molecule has 4 rings (SSSR count). The molecule has 0 bridgehead atoms. The Hall–Kier alpha value is -4.33. The molecule has 7 nitrogen and oxygen atoms in total. The molecule has 1 aliphatic heterocycles. The zero-order valence-corrected chi connectivity index (χ0v) is 19.2. The second kappa shape index (κ2) is 9.89. The van der Waals surface area contributed by atoms with Crippen molar-refractivity contribution in [2.75, 3.05) is 18.1 Å². The van der Waals surface area contributed by atoms with Crippen LogP contribution in [0.2, 0.25) is 0 Å². The van der Waals surface area contributed by atoms with Crippen LogP contribution in [0.15, 0.2) is 72.3 Å². The highest BCUT2D eigenvalue weighted by Crippen LogP contribution is 2.44. The van der Waals surface area contributed by atoms with E-state index in [4.69, 9.17) is 9.47 Å². The molecular formula is C27H24FNO6. The molecule has 3 aromatic carbocycles. The topological polar surface area (TPSA) is 96.3 Å². The van der Waals surface area contributed by atoms with Crippen molar-refractivity contribution in [3.63, 3.8) is 0 Å². The summed E-state index contributed by atoms with van der Waals surface area (Å²) in [7, 11) is 0. The van der Waals surface area contributed by atoms with Crippen molar-refractivity contribution in [1.29, 1.82) is 0 Å². The van der Waals surface area contributed by atoms with E-state index in [-0.39, 0.29) is 34.9 Å². The average molecular weight is 477 g/mol. The first-order chi connectivity index (χ1) is 16.8. The molecule has 1 fully saturated rings. The minimum Gasteiger partial charge on any atom is -0.508 e. The van der Waals surface area contributed by atoms with Crippen LogP contribution in [0.5, 0.6) is 17.2 Å². The van der Waals surface area contributed by atoms with Crippen LogP contribution in [-0.4, -0.2) is 35.1 Å². The number of aliphatic hydroxyl groups is 1. The molecule has 1 aliphatic rings. The molecule has 0 aromatic heterocycles. The summed E-state index contributed by atoms with van der Waals surface area (Å²) in [6.07, 6.45) is 0. The fraction of sp³-hybridized carbons (Fsp3) is 0.185. The summed E-state index contributed by atoms with van der Waals surface area (Å²) >= 11 is 0. The zero-order valence-electron chi connectivity index (χ0n) is 19.2. The van der Waals surface area contributed by atoms with Crippen molar-refractivity contribution < 1.29 is 33.7 Å². The molecule has 1 amide bonds. The van der Waals surface area contributed by atoms with Crippen LogP contribution in [0.3, 0.4) is 0 Å². The van der Waals surface area contributed by atoms with Crippen LogP contribution in [-0.2, 0) is 9.59 Å². The van der Waals surface area contributed by atoms with Gasteiger partial charge in [0.05, 0.1) is 30.4 Å². The number of hydrogen-bond acceptors (Lipinski definition) is 6. The second-order valence-electron chi connectivity index (χ2n) is 7.76. The maximum atomic E-state index is 13.6. The highest BCUT2D eigenvalue weighted by atomic mass is 19.1. The van der Waals surface area contributed by atoms with E-state index in [1.807, 2.05) is 6.92 Å². The summed E-state index contributed by atoms with van der Waals surface area (Å²) in [6, 6.07) is 14.8. The molecule has 1 unspecified atom stereocenters. The Kier molecular flexibility index (Phi) is 6.73. The lowest BCUT2D eigenvalue weighted by Crippen LogP contribution is -2.29. The van der Waals surface area contributed by atoms with Gasteiger partial charge in [-0.1, -0.05) is 12.1 Å². The maximum absolute atomic E-state index is 13.6. The normalized spacial score (nSPS) is 17.0. The number of aromatic hydroxyl groups is 1. The minimum atomic E-state index is -1.08. The third-order valence-electron chi connectivity index (χ3n) is 5.55. The van der Waals surface area contributed by atoms with Crippen LogP contribution >= 0.6 is 0 Å². The maximum Gasteiger partial charge on any atom is 0.300 e. The summed E-state index contributed by atoms with van der Waals surface area (Å²) in [6.45, 7) is 4.32. The van der Waals surface area contributed by atoms with Crippen molar-refractivity contribution in [3.05, 3.63) is 89.2 Å². The van der Waals surface area contributed by atoms with Crippen LogP contribution in [0, 0.1) is 5.82 Å². The number of amides is 1. The molecule has 35 heavy (non-hydrogen) atoms. The van der Waals surface area contributed by atoms with Crippen molar-refractivity contribution in [2.24, 2.45) is 0 Å². The summed E-state index contributed by atoms with van der Waals surface area (Å²) in [5.74, 6) is -2.04. The lowest BCUT2D eigenvalue weighted by atomic mass is 9.94. The van der Waals surface area contributed by atoms with Gasteiger partial charge in [-0.2, -0.15) is 0 Å². The lowest BCUT2D eigenvalue weighted by molar-refractivity contribution is -0.132. The Morgan fingerprint density at radius 1 is 0.971 bits per heavy atom. The number of aliphatic hydroxyl groups excluding tert-OH is 1. The van der Waals surface area contributed by atoms with E-state index in [9.17, 15) is 24.2 Å². The standard InChI is InChI=1S/C27H24FNO6/c1-3-34-20-12-13-21(22(15-20)35-4-2)25(31)23-24(16-6-5-7-19(30)14-16)29(27(33)26(23)32)18-10-8-17(28)9-11-18/h5-15,24,30-31H,3-4H2,1-2H3/b25-23-. The van der Waals surface area contributed by atoms with Crippen molar-refractivity contribution in [3.8, 4) is 17.2 Å². The van der Waals surface area contributed by atoms with Gasteiger partial charge in [-0.15, -0.1) is 0 Å². The fourth-order valence-electron chi connectivity index (χ4n) is 4.09. The third-order valence-corrected chi connectivity index (χ3v) is 5.55. The molecule has 1 atom stereocenters. The smallest absolute Gasteiger partial charge is 0.300 e. The number of phenols is 1. The van der Waals surface area contributed by atoms with Gasteiger partial charge in [-0.05, 0) is 67.9 Å². The van der Waals surface area contributed by atoms with Gasteiger partial charge in [0.2, 0.25) is 0 Å². The average Bonchev–Trinajstić information content (AvgIpc) is 3.10. The number of benzene rings is 3. The quantitative estimate of drug-likeness (QED) is 0.284. The van der Waals surface area contributed by atoms with Gasteiger partial charge in [0.15, 0.2) is 0 Å². The first-order valence-electron chi connectivity index (χ1n) is 11.1. The van der Waals surface area contributed by atoms with Gasteiger partial charge in [0.1, 0.15) is 28.8 Å². The van der Waals surface area contributed by atoms with Gasteiger partial charge in [0, 0.05) is 11.8 Å². The molecule has 8 heteroatoms. The molecule has 1 saturated heterocycles. The number of Topliss-reactive ketones (excluding diaryl/α,β-unsaturated/α-hetero) is 1. The van der Waals surface area contributed by atoms with Crippen LogP contribution in [0.1, 0.15) is 31.0 Å². The summed E-state index contributed by atoms with van der Waals surface area (Å²) < 4.78 is 24.8. The Morgan fingerprint density at radius 3 is 2.34 bits per heavy atom. The van der Waals surface area contributed by atoms with E-state index in [2.05, 4.69) is 0 Å². The summed E-state index contributed by atoms with van der Waals surface area (Å²) in [5.41, 5.74) is 0.671. The number of ketones is 1. The second-order valence-corrected chi connectivity index (χ2v) is 7.76. The molecular weight excluding hydrogens is 453 g/mol. The SMILES string of the molecule is CCOc1ccc(/C(O)=C2/C(=O)C(=O)N(c3ccc(F)cc3)C2c2cccc(O)c2)c(OCC)c1. The molecule has 180 valence electrons. The number of halogens is 1. The van der Waals surface area contributed by atoms with E-state index in [1.165, 1.54) is 41.3 Å². The molecule has 0 aliphatic carbocycles. The number of hydrogen-bond donors (Lipinski definition) is 2. The first-order valence-corrected chi connectivity index (χ1v) is 11.1. The van der Waals surface area contributed by atoms with Gasteiger partial charge in [0.25, 0.3) is 11.7 Å². The first kappa shape index (κ1) is 23.8. The Balaban J connectivity index is 1.94. The third kappa shape index (κ3) is 4.55. The van der Waals surface area contributed by atoms with Crippen molar-refractivity contribution in [2.45, 2.75) is 19.9 Å². The highest BCUT2D eigenvalue weighted by molar-refractivity contribution is 6.51. The minimum absolute atomic E-state index is 0.0803. The number of ether oxygens (including phenoxy) is 2. The summed E-state index contributed by atoms with van der Waals surface area (Å²) in [5, 5.41) is 21.5. The Labute approximate surface area is 201 Å². The molecule has 3 aromatic rings. The summed E-state index contributed by atoms with van der Waals surface area (Å²) in [4.78, 5) is 27.6. The van der Waals surface area contributed by atoms with Crippen LogP contribution in [0.4, 0.5) is 10.1 Å². The van der Waals surface area contributed by atoms with Gasteiger partial charge in [-0.25, -0.2) is 4.39 Å². The predicted molar refractivity (Wildman–Crippen MR) is 128 cm³/mol. The zero-order chi connectivity index (χ0) is 25.1. The number of phenolic OH excluding ortho intramolecular Hbond substituents is 1. The monoisotopic (exact) mass is 477 g/mol. The van der Waals surface area contributed by atoms with Gasteiger partial charge >= 0.3 is 0 Å². The number of carbonyl (C=O) groups is 2. The Morgan fingerprint density at radius 2 is 1.69 bits per heavy atom.